The van der Waals surface area contributed by atoms with Crippen molar-refractivity contribution in [3.05, 3.63) is 75.7 Å². The molecule has 4 N–H and O–H groups in total. The minimum atomic E-state index is -1.23. The molecule has 1 aliphatic heterocycles. The van der Waals surface area contributed by atoms with Gasteiger partial charge in [0, 0.05) is 31.9 Å². The fourth-order valence-electron chi connectivity index (χ4n) is 3.24. The number of carbonyl (C=O) groups is 3. The van der Waals surface area contributed by atoms with Gasteiger partial charge in [0.15, 0.2) is 17.5 Å². The highest BCUT2D eigenvalue weighted by Gasteiger charge is 2.18. The number of benzene rings is 1. The Morgan fingerprint density at radius 1 is 1.00 bits per heavy atom. The van der Waals surface area contributed by atoms with E-state index in [4.69, 9.17) is 16.3 Å². The summed E-state index contributed by atoms with van der Waals surface area (Å²) in [4.78, 5) is 41.3. The average Bonchev–Trinajstić information content (AvgIpc) is 3.34. The quantitative estimate of drug-likeness (QED) is 0.295. The number of rotatable bonds is 7. The molecule has 0 atom stereocenters. The number of hydrazine groups is 1. The molecule has 39 heavy (non-hydrogen) atoms. The number of aromatic nitrogens is 3. The first-order chi connectivity index (χ1) is 17.3. The van der Waals surface area contributed by atoms with Crippen LogP contribution in [0, 0.1) is 11.6 Å². The minimum absolute atomic E-state index is 0. The Balaban J connectivity index is 0.00000253. The van der Waals surface area contributed by atoms with Crippen LogP contribution in [-0.4, -0.2) is 64.2 Å². The third-order valence-electron chi connectivity index (χ3n) is 5.10. The number of aromatic amines is 1. The van der Waals surface area contributed by atoms with Gasteiger partial charge in [-0.25, -0.2) is 13.8 Å². The van der Waals surface area contributed by atoms with Gasteiger partial charge >= 0.3 is 0 Å². The summed E-state index contributed by atoms with van der Waals surface area (Å²) in [5, 5.41) is 12.8. The van der Waals surface area contributed by atoms with E-state index in [0.717, 1.165) is 0 Å². The first kappa shape index (κ1) is 34.0. The van der Waals surface area contributed by atoms with Gasteiger partial charge in [0.1, 0.15) is 11.4 Å². The predicted octanol–water partition coefficient (Wildman–Crippen LogP) is 3.16. The monoisotopic (exact) mass is 627 g/mol. The summed E-state index contributed by atoms with van der Waals surface area (Å²) in [6, 6.07) is 5.81. The zero-order valence-electron chi connectivity index (χ0n) is 19.8. The lowest BCUT2D eigenvalue weighted by atomic mass is 10.2. The van der Waals surface area contributed by atoms with Crippen molar-refractivity contribution in [2.24, 2.45) is 0 Å². The van der Waals surface area contributed by atoms with E-state index >= 15 is 0 Å². The second-order valence-corrected chi connectivity index (χ2v) is 8.05. The molecule has 3 amide bonds. The predicted molar refractivity (Wildman–Crippen MR) is 145 cm³/mol. The van der Waals surface area contributed by atoms with Crippen molar-refractivity contribution in [2.45, 2.75) is 6.54 Å². The molecule has 4 rings (SSSR count). The molecule has 212 valence electrons. The lowest BCUT2D eigenvalue weighted by molar-refractivity contribution is 0.0124. The van der Waals surface area contributed by atoms with Gasteiger partial charge in [-0.05, 0) is 29.8 Å². The van der Waals surface area contributed by atoms with Crippen molar-refractivity contribution in [3.8, 4) is 0 Å². The molecule has 0 radical (unpaired) electrons. The Morgan fingerprint density at radius 3 is 2.41 bits per heavy atom. The molecule has 1 aliphatic rings. The van der Waals surface area contributed by atoms with Crippen LogP contribution in [0.15, 0.2) is 36.5 Å². The maximum absolute atomic E-state index is 13.4. The molecule has 0 bridgehead atoms. The number of halogens is 6. The highest BCUT2D eigenvalue weighted by molar-refractivity contribution is 6.34. The summed E-state index contributed by atoms with van der Waals surface area (Å²) in [6.07, 6.45) is 1.46. The number of pyridine rings is 1. The summed E-state index contributed by atoms with van der Waals surface area (Å²) in [5.74, 6) is -4.20. The molecule has 2 aromatic heterocycles. The molecular weight excluding hydrogens is 606 g/mol. The maximum atomic E-state index is 13.4. The number of hydrogen-bond acceptors (Lipinski definition) is 7. The summed E-state index contributed by atoms with van der Waals surface area (Å²) in [6.45, 7) is 2.28. The van der Waals surface area contributed by atoms with E-state index in [1.54, 1.807) is 17.1 Å². The first-order valence-corrected chi connectivity index (χ1v) is 11.1. The van der Waals surface area contributed by atoms with Gasteiger partial charge in [0.05, 0.1) is 23.8 Å². The van der Waals surface area contributed by atoms with Crippen LogP contribution in [0.3, 0.4) is 0 Å². The van der Waals surface area contributed by atoms with E-state index in [1.165, 1.54) is 12.3 Å². The van der Waals surface area contributed by atoms with Gasteiger partial charge < -0.3 is 15.4 Å². The molecular formula is C22H23Cl4F2N7O4. The zero-order valence-corrected chi connectivity index (χ0v) is 23.0. The second-order valence-electron chi connectivity index (χ2n) is 7.64. The molecule has 1 aromatic carbocycles. The van der Waals surface area contributed by atoms with Crippen molar-refractivity contribution in [2.75, 3.05) is 31.6 Å². The highest BCUT2D eigenvalue weighted by Crippen LogP contribution is 2.21. The molecule has 0 spiro atoms. The number of H-pyrrole nitrogens is 1. The summed E-state index contributed by atoms with van der Waals surface area (Å²) in [5.41, 5.74) is 3.32. The normalized spacial score (nSPS) is 12.7. The number of hydrogen-bond donors (Lipinski definition) is 4. The Kier molecular flexibility index (Phi) is 13.5. The smallest absolute Gasteiger partial charge is 0.284 e. The number of carbonyl (C=O) groups excluding carboxylic acids is 3. The van der Waals surface area contributed by atoms with Crippen LogP contribution in [0.1, 0.15) is 36.9 Å². The first-order valence-electron chi connectivity index (χ1n) is 10.7. The minimum Gasteiger partial charge on any atom is -0.379 e. The number of amides is 3. The van der Waals surface area contributed by atoms with E-state index in [1.807, 2.05) is 0 Å². The lowest BCUT2D eigenvalue weighted by Gasteiger charge is -2.26. The second kappa shape index (κ2) is 15.5. The third-order valence-corrected chi connectivity index (χ3v) is 5.41. The van der Waals surface area contributed by atoms with Crippen molar-refractivity contribution in [1.29, 1.82) is 0 Å². The Hall–Kier alpha value is -3.07. The summed E-state index contributed by atoms with van der Waals surface area (Å²) in [7, 11) is 0. The molecule has 11 nitrogen and oxygen atoms in total. The van der Waals surface area contributed by atoms with E-state index in [0.29, 0.717) is 44.0 Å². The van der Waals surface area contributed by atoms with Gasteiger partial charge in [-0.15, -0.1) is 37.2 Å². The van der Waals surface area contributed by atoms with Gasteiger partial charge in [-0.3, -0.25) is 29.9 Å². The van der Waals surface area contributed by atoms with Crippen molar-refractivity contribution in [1.82, 2.24) is 30.9 Å². The zero-order chi connectivity index (χ0) is 25.7. The van der Waals surface area contributed by atoms with Gasteiger partial charge in [-0.2, -0.15) is 5.10 Å². The Morgan fingerprint density at radius 2 is 1.69 bits per heavy atom. The molecule has 0 aliphatic carbocycles. The maximum Gasteiger partial charge on any atom is 0.284 e. The van der Waals surface area contributed by atoms with Crippen LogP contribution in [0.5, 0.6) is 0 Å². The standard InChI is InChI=1S/C22H20ClF2N7O4.3ClH/c23-14-9-16(25)15(24)8-13(14)20(33)28-19-10-18(29-30-19)21(34)27-11-12-1-2-26-17(7-12)22(35)31-32-3-5-36-6-4-32;;;/h1-2,7-10H,3-6,11H2,(H,27,34)(H,31,35)(H2,28,29,30,33);3*1H. The molecule has 1 saturated heterocycles. The lowest BCUT2D eigenvalue weighted by Crippen LogP contribution is -2.48. The summed E-state index contributed by atoms with van der Waals surface area (Å²) < 4.78 is 31.9. The fourth-order valence-corrected chi connectivity index (χ4v) is 3.48. The number of nitrogens with one attached hydrogen (secondary N) is 4. The number of morpholine rings is 1. The van der Waals surface area contributed by atoms with Gasteiger partial charge in [0.2, 0.25) is 0 Å². The topological polar surface area (TPSA) is 141 Å². The molecule has 3 aromatic rings. The van der Waals surface area contributed by atoms with Crippen LogP contribution in [0.25, 0.3) is 0 Å². The van der Waals surface area contributed by atoms with Crippen molar-refractivity contribution < 1.29 is 27.9 Å². The van der Waals surface area contributed by atoms with Crippen LogP contribution in [0.4, 0.5) is 14.6 Å². The van der Waals surface area contributed by atoms with Crippen LogP contribution >= 0.6 is 48.8 Å². The van der Waals surface area contributed by atoms with Gasteiger partial charge in [0.25, 0.3) is 17.7 Å². The Bertz CT molecular complexity index is 1310. The van der Waals surface area contributed by atoms with Crippen LogP contribution in [0.2, 0.25) is 5.02 Å². The van der Waals surface area contributed by atoms with E-state index < -0.39 is 23.4 Å². The van der Waals surface area contributed by atoms with E-state index in [-0.39, 0.29) is 77.5 Å². The SMILES string of the molecule is Cl.Cl.Cl.O=C(NN1CCOCC1)c1cc(CNC(=O)c2cc(NC(=O)c3cc(F)c(F)cc3Cl)n[nH]2)ccn1. The highest BCUT2D eigenvalue weighted by atomic mass is 35.5. The largest absolute Gasteiger partial charge is 0.379 e. The molecule has 17 heteroatoms. The molecule has 1 fully saturated rings. The number of anilines is 1. The number of nitrogens with zero attached hydrogens (tertiary/aromatic N) is 3. The van der Waals surface area contributed by atoms with E-state index in [2.05, 4.69) is 31.2 Å². The Labute approximate surface area is 244 Å². The van der Waals surface area contributed by atoms with Crippen LogP contribution in [-0.2, 0) is 11.3 Å². The van der Waals surface area contributed by atoms with Crippen molar-refractivity contribution >= 4 is 72.4 Å². The van der Waals surface area contributed by atoms with Crippen LogP contribution < -0.4 is 16.1 Å². The third kappa shape index (κ3) is 8.98. The summed E-state index contributed by atoms with van der Waals surface area (Å²) >= 11 is 5.80. The van der Waals surface area contributed by atoms with Gasteiger partial charge in [-0.1, -0.05) is 11.6 Å². The molecule has 0 unspecified atom stereocenters. The average molecular weight is 629 g/mol. The van der Waals surface area contributed by atoms with Crippen molar-refractivity contribution in [3.63, 3.8) is 0 Å². The number of ether oxygens (including phenoxy) is 1. The fraction of sp³-hybridized carbons (Fsp3) is 0.227. The van der Waals surface area contributed by atoms with E-state index in [9.17, 15) is 23.2 Å². The molecule has 3 heterocycles. The molecule has 0 saturated carbocycles.